The Kier molecular flexibility index (Phi) is 5.01. The van der Waals surface area contributed by atoms with Crippen LogP contribution in [-0.2, 0) is 19.1 Å². The Hall–Kier alpha value is -2.03. The van der Waals surface area contributed by atoms with Crippen molar-refractivity contribution >= 4 is 51.4 Å². The van der Waals surface area contributed by atoms with Crippen LogP contribution in [0.5, 0.6) is 0 Å². The Labute approximate surface area is 163 Å². The minimum Gasteiger partial charge on any atom is -0.466 e. The Morgan fingerprint density at radius 2 is 1.69 bits per heavy atom. The molecule has 0 bridgehead atoms. The number of esters is 2. The molecule has 1 aliphatic rings. The third kappa shape index (κ3) is 2.87. The number of ether oxygens (including phenoxy) is 2. The van der Waals surface area contributed by atoms with Crippen molar-refractivity contribution < 1.29 is 19.1 Å². The summed E-state index contributed by atoms with van der Waals surface area (Å²) in [4.78, 5) is 29.9. The second kappa shape index (κ2) is 6.94. The van der Waals surface area contributed by atoms with E-state index in [4.69, 9.17) is 32.7 Å². The summed E-state index contributed by atoms with van der Waals surface area (Å²) in [5.74, 6) is -1.98. The van der Waals surface area contributed by atoms with Crippen molar-refractivity contribution in [1.29, 1.82) is 0 Å². The SMILES string of the molecule is COC(=O)C1=C(C)NC(C)=C(C(=O)OC)C1c1c(Cl)nc2sc(Cl)cn12. The maximum Gasteiger partial charge on any atom is 0.336 e. The fourth-order valence-corrected chi connectivity index (χ4v) is 4.45. The Morgan fingerprint density at radius 3 is 2.19 bits per heavy atom. The summed E-state index contributed by atoms with van der Waals surface area (Å²) in [5.41, 5.74) is 2.07. The lowest BCUT2D eigenvalue weighted by molar-refractivity contribution is -0.137. The van der Waals surface area contributed by atoms with E-state index in [-0.39, 0.29) is 16.3 Å². The Morgan fingerprint density at radius 1 is 1.15 bits per heavy atom. The van der Waals surface area contributed by atoms with Crippen LogP contribution in [0.1, 0.15) is 25.5 Å². The number of aromatic nitrogens is 2. The summed E-state index contributed by atoms with van der Waals surface area (Å²) in [6, 6.07) is 0. The number of nitrogens with zero attached hydrogens (tertiary/aromatic N) is 2. The molecule has 7 nitrogen and oxygen atoms in total. The predicted molar refractivity (Wildman–Crippen MR) is 98.4 cm³/mol. The number of dihydropyridines is 1. The number of hydrogen-bond acceptors (Lipinski definition) is 7. The van der Waals surface area contributed by atoms with Gasteiger partial charge in [0.1, 0.15) is 4.34 Å². The standard InChI is InChI=1S/C16H15Cl2N3O4S/c1-6-9(14(22)24-3)11(10(7(2)19-6)15(23)25-4)12-13(18)20-16-21(12)5-8(17)26-16/h5,11,19H,1-4H3. The van der Waals surface area contributed by atoms with Crippen LogP contribution in [0.3, 0.4) is 0 Å². The van der Waals surface area contributed by atoms with Crippen molar-refractivity contribution in [3.63, 3.8) is 0 Å². The number of carbonyl (C=O) groups excluding carboxylic acids is 2. The normalized spacial score (nSPS) is 15.5. The number of imidazole rings is 1. The number of allylic oxidation sites excluding steroid dienone is 2. The smallest absolute Gasteiger partial charge is 0.336 e. The van der Waals surface area contributed by atoms with Gasteiger partial charge in [0.05, 0.1) is 37.0 Å². The van der Waals surface area contributed by atoms with Gasteiger partial charge in [-0.15, -0.1) is 0 Å². The van der Waals surface area contributed by atoms with E-state index >= 15 is 0 Å². The fourth-order valence-electron chi connectivity index (χ4n) is 3.10. The van der Waals surface area contributed by atoms with Crippen LogP contribution in [0.25, 0.3) is 4.96 Å². The van der Waals surface area contributed by atoms with E-state index in [0.717, 1.165) is 0 Å². The average molecular weight is 416 g/mol. The minimum absolute atomic E-state index is 0.170. The van der Waals surface area contributed by atoms with Crippen LogP contribution < -0.4 is 5.32 Å². The van der Waals surface area contributed by atoms with Crippen LogP contribution >= 0.6 is 34.5 Å². The summed E-state index contributed by atoms with van der Waals surface area (Å²) in [7, 11) is 2.55. The maximum absolute atomic E-state index is 12.5. The van der Waals surface area contributed by atoms with E-state index in [0.29, 0.717) is 26.4 Å². The number of nitrogens with one attached hydrogen (secondary N) is 1. The lowest BCUT2D eigenvalue weighted by atomic mass is 9.83. The third-order valence-corrected chi connectivity index (χ3v) is 5.51. The van der Waals surface area contributed by atoms with Crippen molar-refractivity contribution in [2.24, 2.45) is 0 Å². The molecule has 3 rings (SSSR count). The molecule has 3 heterocycles. The van der Waals surface area contributed by atoms with Gasteiger partial charge in [-0.25, -0.2) is 14.6 Å². The van der Waals surface area contributed by atoms with Gasteiger partial charge in [-0.3, -0.25) is 4.40 Å². The van der Waals surface area contributed by atoms with Crippen molar-refractivity contribution in [1.82, 2.24) is 14.7 Å². The van der Waals surface area contributed by atoms with Gasteiger partial charge in [0, 0.05) is 17.6 Å². The van der Waals surface area contributed by atoms with E-state index in [1.807, 2.05) is 0 Å². The molecule has 0 saturated heterocycles. The molecule has 0 aliphatic carbocycles. The highest BCUT2D eigenvalue weighted by molar-refractivity contribution is 7.20. The Bertz CT molecular complexity index is 951. The second-order valence-electron chi connectivity index (χ2n) is 5.59. The van der Waals surface area contributed by atoms with Crippen molar-refractivity contribution in [3.8, 4) is 0 Å². The van der Waals surface area contributed by atoms with Crippen molar-refractivity contribution in [2.45, 2.75) is 19.8 Å². The number of thiazole rings is 1. The van der Waals surface area contributed by atoms with Crippen LogP contribution in [0.15, 0.2) is 28.7 Å². The molecule has 1 aliphatic heterocycles. The number of carbonyl (C=O) groups is 2. The summed E-state index contributed by atoms with van der Waals surface area (Å²) in [6.07, 6.45) is 1.65. The van der Waals surface area contributed by atoms with E-state index in [9.17, 15) is 9.59 Å². The van der Waals surface area contributed by atoms with E-state index < -0.39 is 17.9 Å². The number of fused-ring (bicyclic) bond motifs is 1. The summed E-state index contributed by atoms with van der Waals surface area (Å²) < 4.78 is 12.0. The summed E-state index contributed by atoms with van der Waals surface area (Å²) in [5, 5.41) is 3.21. The van der Waals surface area contributed by atoms with Gasteiger partial charge in [-0.05, 0) is 13.8 Å². The number of methoxy groups -OCH3 is 2. The molecule has 1 N–H and O–H groups in total. The fraction of sp³-hybridized carbons (Fsp3) is 0.312. The van der Waals surface area contributed by atoms with Gasteiger partial charge in [0.15, 0.2) is 10.1 Å². The zero-order valence-corrected chi connectivity index (χ0v) is 16.7. The molecule has 2 aromatic heterocycles. The van der Waals surface area contributed by atoms with E-state index in [1.54, 1.807) is 24.4 Å². The predicted octanol–water partition coefficient (Wildman–Crippen LogP) is 3.28. The number of rotatable bonds is 3. The quantitative estimate of drug-likeness (QED) is 0.774. The number of halogens is 2. The van der Waals surface area contributed by atoms with Gasteiger partial charge in [-0.2, -0.15) is 0 Å². The van der Waals surface area contributed by atoms with Crippen molar-refractivity contribution in [3.05, 3.63) is 43.9 Å². The molecule has 0 unspecified atom stereocenters. The minimum atomic E-state index is -0.815. The molecular weight excluding hydrogens is 401 g/mol. The highest BCUT2D eigenvalue weighted by atomic mass is 35.5. The van der Waals surface area contributed by atoms with Crippen molar-refractivity contribution in [2.75, 3.05) is 14.2 Å². The van der Waals surface area contributed by atoms with Crippen LogP contribution in [0, 0.1) is 0 Å². The first-order chi connectivity index (χ1) is 12.3. The summed E-state index contributed by atoms with van der Waals surface area (Å²) >= 11 is 13.7. The molecule has 2 aromatic rings. The molecule has 0 radical (unpaired) electrons. The average Bonchev–Trinajstić information content (AvgIpc) is 3.07. The molecular formula is C16H15Cl2N3O4S. The highest BCUT2D eigenvalue weighted by Crippen LogP contribution is 2.43. The second-order valence-corrected chi connectivity index (χ2v) is 7.59. The topological polar surface area (TPSA) is 81.9 Å². The first kappa shape index (κ1) is 18.8. The number of hydrogen-bond donors (Lipinski definition) is 1. The van der Waals surface area contributed by atoms with Crippen LogP contribution in [0.2, 0.25) is 9.49 Å². The molecule has 0 atom stereocenters. The zero-order valence-electron chi connectivity index (χ0n) is 14.3. The largest absolute Gasteiger partial charge is 0.466 e. The van der Waals surface area contributed by atoms with E-state index in [2.05, 4.69) is 10.3 Å². The van der Waals surface area contributed by atoms with Crippen LogP contribution in [0.4, 0.5) is 0 Å². The summed E-state index contributed by atoms with van der Waals surface area (Å²) in [6.45, 7) is 3.45. The zero-order chi connectivity index (χ0) is 19.2. The monoisotopic (exact) mass is 415 g/mol. The molecule has 0 saturated carbocycles. The maximum atomic E-state index is 12.5. The van der Waals surface area contributed by atoms with Gasteiger partial charge < -0.3 is 14.8 Å². The van der Waals surface area contributed by atoms with Gasteiger partial charge in [-0.1, -0.05) is 34.5 Å². The van der Waals surface area contributed by atoms with E-state index in [1.165, 1.54) is 25.6 Å². The molecule has 0 amide bonds. The first-order valence-electron chi connectivity index (χ1n) is 7.48. The first-order valence-corrected chi connectivity index (χ1v) is 9.05. The Balaban J connectivity index is 2.34. The van der Waals surface area contributed by atoms with Gasteiger partial charge in [0.2, 0.25) is 0 Å². The molecule has 0 spiro atoms. The lowest BCUT2D eigenvalue weighted by Crippen LogP contribution is -2.32. The lowest BCUT2D eigenvalue weighted by Gasteiger charge is -2.29. The highest BCUT2D eigenvalue weighted by Gasteiger charge is 2.40. The molecule has 0 aromatic carbocycles. The van der Waals surface area contributed by atoms with Gasteiger partial charge >= 0.3 is 11.9 Å². The molecule has 138 valence electrons. The third-order valence-electron chi connectivity index (χ3n) is 4.13. The van der Waals surface area contributed by atoms with Crippen LogP contribution in [-0.4, -0.2) is 35.5 Å². The molecule has 10 heteroatoms. The molecule has 26 heavy (non-hydrogen) atoms. The van der Waals surface area contributed by atoms with Gasteiger partial charge in [0.25, 0.3) is 0 Å². The molecule has 0 fully saturated rings.